The van der Waals surface area contributed by atoms with Crippen LogP contribution < -0.4 is 5.32 Å². The normalized spacial score (nSPS) is 16.5. The maximum Gasteiger partial charge on any atom is 0.160 e. The quantitative estimate of drug-likeness (QED) is 0.305. The summed E-state index contributed by atoms with van der Waals surface area (Å²) >= 11 is 0. The van der Waals surface area contributed by atoms with E-state index in [1.165, 1.54) is 0 Å². The molecule has 0 bridgehead atoms. The third kappa shape index (κ3) is 4.72. The van der Waals surface area contributed by atoms with Crippen LogP contribution in [0.15, 0.2) is 115 Å². The average Bonchev–Trinajstić information content (AvgIpc) is 2.98. The Bertz CT molecular complexity index is 1660. The van der Waals surface area contributed by atoms with Gasteiger partial charge in [-0.1, -0.05) is 60.7 Å². The molecule has 0 amide bonds. The standard InChI is InChI=1S/C32H26N6/c1-22-11-8-15-25(34-22)26-16-9-17-27(35-26)29-21-30(37-31(36-29)23-12-4-3-5-13-23)32(2)19-10-18-28(38-32)24-14-6-7-20-33-24/h3-21,38H,1-2H3. The fourth-order valence-corrected chi connectivity index (χ4v) is 4.49. The van der Waals surface area contributed by atoms with Gasteiger partial charge in [-0.25, -0.2) is 15.0 Å². The molecule has 0 fully saturated rings. The molecule has 1 aliphatic rings. The van der Waals surface area contributed by atoms with Crippen molar-refractivity contribution >= 4 is 5.70 Å². The maximum absolute atomic E-state index is 5.03. The van der Waals surface area contributed by atoms with Crippen LogP contribution in [0, 0.1) is 6.92 Å². The molecule has 0 spiro atoms. The third-order valence-electron chi connectivity index (χ3n) is 6.48. The lowest BCUT2D eigenvalue weighted by Gasteiger charge is -2.32. The molecule has 5 aromatic rings. The summed E-state index contributed by atoms with van der Waals surface area (Å²) in [6.07, 6.45) is 7.99. The number of nitrogens with one attached hydrogen (secondary N) is 1. The number of dihydropyridines is 1. The molecular formula is C32H26N6. The predicted molar refractivity (Wildman–Crippen MR) is 151 cm³/mol. The Kier molecular flexibility index (Phi) is 6.06. The molecule has 0 saturated heterocycles. The molecule has 1 unspecified atom stereocenters. The lowest BCUT2D eigenvalue weighted by Crippen LogP contribution is -2.39. The zero-order valence-corrected chi connectivity index (χ0v) is 21.2. The molecule has 0 saturated carbocycles. The minimum atomic E-state index is -0.585. The van der Waals surface area contributed by atoms with Crippen molar-refractivity contribution in [2.75, 3.05) is 0 Å². The molecular weight excluding hydrogens is 468 g/mol. The van der Waals surface area contributed by atoms with Crippen LogP contribution in [0.4, 0.5) is 0 Å². The minimum absolute atomic E-state index is 0.585. The van der Waals surface area contributed by atoms with Crippen LogP contribution in [-0.4, -0.2) is 24.9 Å². The van der Waals surface area contributed by atoms with Crippen LogP contribution in [0.3, 0.4) is 0 Å². The van der Waals surface area contributed by atoms with E-state index in [-0.39, 0.29) is 0 Å². The molecule has 6 nitrogen and oxygen atoms in total. The van der Waals surface area contributed by atoms with Crippen LogP contribution in [0.5, 0.6) is 0 Å². The summed E-state index contributed by atoms with van der Waals surface area (Å²) in [6.45, 7) is 4.09. The first-order chi connectivity index (χ1) is 18.6. The van der Waals surface area contributed by atoms with E-state index < -0.39 is 5.54 Å². The third-order valence-corrected chi connectivity index (χ3v) is 6.48. The Morgan fingerprint density at radius 3 is 2.13 bits per heavy atom. The Labute approximate surface area is 221 Å². The number of benzene rings is 1. The second-order valence-electron chi connectivity index (χ2n) is 9.38. The van der Waals surface area contributed by atoms with Gasteiger partial charge in [-0.2, -0.15) is 0 Å². The van der Waals surface area contributed by atoms with Crippen molar-refractivity contribution in [3.8, 4) is 34.2 Å². The molecule has 38 heavy (non-hydrogen) atoms. The summed E-state index contributed by atoms with van der Waals surface area (Å²) in [4.78, 5) is 24.1. The lowest BCUT2D eigenvalue weighted by atomic mass is 9.92. The number of hydrogen-bond donors (Lipinski definition) is 1. The van der Waals surface area contributed by atoms with Gasteiger partial charge in [0.15, 0.2) is 5.82 Å². The fraction of sp³-hybridized carbons (Fsp3) is 0.0938. The van der Waals surface area contributed by atoms with Gasteiger partial charge in [0.25, 0.3) is 0 Å². The van der Waals surface area contributed by atoms with Crippen LogP contribution >= 0.6 is 0 Å². The molecule has 184 valence electrons. The second kappa shape index (κ2) is 9.82. The van der Waals surface area contributed by atoms with Crippen LogP contribution in [0.2, 0.25) is 0 Å². The van der Waals surface area contributed by atoms with Gasteiger partial charge >= 0.3 is 0 Å². The molecule has 4 aromatic heterocycles. The van der Waals surface area contributed by atoms with Crippen molar-refractivity contribution < 1.29 is 0 Å². The molecule has 0 aliphatic carbocycles. The Morgan fingerprint density at radius 1 is 0.658 bits per heavy atom. The minimum Gasteiger partial charge on any atom is -0.369 e. The molecule has 1 N–H and O–H groups in total. The van der Waals surface area contributed by atoms with Gasteiger partial charge in [-0.05, 0) is 62.4 Å². The zero-order chi connectivity index (χ0) is 26.0. The summed E-state index contributed by atoms with van der Waals surface area (Å²) in [5, 5.41) is 3.65. The van der Waals surface area contributed by atoms with E-state index in [4.69, 9.17) is 15.0 Å². The van der Waals surface area contributed by atoms with Crippen molar-refractivity contribution in [2.24, 2.45) is 0 Å². The summed E-state index contributed by atoms with van der Waals surface area (Å²) in [7, 11) is 0. The largest absolute Gasteiger partial charge is 0.369 e. The first kappa shape index (κ1) is 23.4. The van der Waals surface area contributed by atoms with E-state index in [0.29, 0.717) is 5.82 Å². The molecule has 0 radical (unpaired) electrons. The molecule has 6 heteroatoms. The monoisotopic (exact) mass is 494 g/mol. The van der Waals surface area contributed by atoms with Crippen molar-refractivity contribution in [1.82, 2.24) is 30.2 Å². The molecule has 1 aromatic carbocycles. The molecule has 6 rings (SSSR count). The van der Waals surface area contributed by atoms with E-state index in [9.17, 15) is 0 Å². The van der Waals surface area contributed by atoms with E-state index in [1.807, 2.05) is 110 Å². The van der Waals surface area contributed by atoms with E-state index in [0.717, 1.165) is 51.1 Å². The lowest BCUT2D eigenvalue weighted by molar-refractivity contribution is 0.517. The van der Waals surface area contributed by atoms with E-state index in [2.05, 4.69) is 28.3 Å². The van der Waals surface area contributed by atoms with E-state index in [1.54, 1.807) is 6.20 Å². The number of aromatic nitrogens is 5. The zero-order valence-electron chi connectivity index (χ0n) is 21.2. The van der Waals surface area contributed by atoms with Gasteiger partial charge in [-0.3, -0.25) is 9.97 Å². The van der Waals surface area contributed by atoms with Crippen molar-refractivity contribution in [3.05, 3.63) is 133 Å². The number of allylic oxidation sites excluding steroid dienone is 2. The van der Waals surface area contributed by atoms with Crippen LogP contribution in [0.25, 0.3) is 39.9 Å². The Balaban J connectivity index is 1.46. The highest BCUT2D eigenvalue weighted by Crippen LogP contribution is 2.32. The topological polar surface area (TPSA) is 76.5 Å². The molecule has 1 aliphatic heterocycles. The first-order valence-corrected chi connectivity index (χ1v) is 12.5. The van der Waals surface area contributed by atoms with E-state index >= 15 is 0 Å². The van der Waals surface area contributed by atoms with Crippen molar-refractivity contribution in [3.63, 3.8) is 0 Å². The Hall–Kier alpha value is -4.97. The number of rotatable bonds is 5. The van der Waals surface area contributed by atoms with Gasteiger partial charge < -0.3 is 5.32 Å². The van der Waals surface area contributed by atoms with Crippen LogP contribution in [0.1, 0.15) is 24.0 Å². The smallest absolute Gasteiger partial charge is 0.160 e. The van der Waals surface area contributed by atoms with Gasteiger partial charge in [0.2, 0.25) is 0 Å². The highest BCUT2D eigenvalue weighted by Gasteiger charge is 2.30. The Morgan fingerprint density at radius 2 is 1.37 bits per heavy atom. The fourth-order valence-electron chi connectivity index (χ4n) is 4.49. The number of pyridine rings is 3. The SMILES string of the molecule is Cc1cccc(-c2cccc(-c3cc(C4(C)C=CC=C(c5ccccn5)N4)nc(-c4ccccc4)n3)n2)n1. The van der Waals surface area contributed by atoms with Gasteiger partial charge in [0.05, 0.1) is 45.4 Å². The van der Waals surface area contributed by atoms with Crippen LogP contribution in [-0.2, 0) is 5.54 Å². The molecule has 5 heterocycles. The first-order valence-electron chi connectivity index (χ1n) is 12.5. The molecule has 1 atom stereocenters. The number of nitrogens with zero attached hydrogens (tertiary/aromatic N) is 5. The number of hydrogen-bond acceptors (Lipinski definition) is 6. The average molecular weight is 495 g/mol. The maximum atomic E-state index is 5.03. The summed E-state index contributed by atoms with van der Waals surface area (Å²) in [5.74, 6) is 0.643. The van der Waals surface area contributed by atoms with Gasteiger partial charge in [0.1, 0.15) is 0 Å². The van der Waals surface area contributed by atoms with Gasteiger partial charge in [-0.15, -0.1) is 0 Å². The summed E-state index contributed by atoms with van der Waals surface area (Å²) in [5.41, 5.74) is 7.08. The summed E-state index contributed by atoms with van der Waals surface area (Å²) in [6, 6.07) is 29.8. The number of aryl methyl sites for hydroxylation is 1. The second-order valence-corrected chi connectivity index (χ2v) is 9.38. The van der Waals surface area contributed by atoms with Crippen molar-refractivity contribution in [2.45, 2.75) is 19.4 Å². The highest BCUT2D eigenvalue weighted by atomic mass is 15.0. The predicted octanol–water partition coefficient (Wildman–Crippen LogP) is 6.39. The summed E-state index contributed by atoms with van der Waals surface area (Å²) < 4.78 is 0. The highest BCUT2D eigenvalue weighted by molar-refractivity contribution is 5.68. The van der Waals surface area contributed by atoms with Gasteiger partial charge in [0, 0.05) is 17.5 Å². The van der Waals surface area contributed by atoms with Crippen molar-refractivity contribution in [1.29, 1.82) is 0 Å².